The van der Waals surface area contributed by atoms with Gasteiger partial charge >= 0.3 is 0 Å². The summed E-state index contributed by atoms with van der Waals surface area (Å²) in [5, 5.41) is 3.38. The number of carbonyl (C=O) groups is 2. The molecule has 10 heteroatoms. The van der Waals surface area contributed by atoms with Crippen LogP contribution >= 0.6 is 34.2 Å². The highest BCUT2D eigenvalue weighted by Crippen LogP contribution is 2.43. The number of anilines is 2. The second kappa shape index (κ2) is 12.6. The van der Waals surface area contributed by atoms with Crippen molar-refractivity contribution in [2.24, 2.45) is 5.92 Å². The number of piperidine rings is 1. The van der Waals surface area contributed by atoms with Crippen molar-refractivity contribution in [1.82, 2.24) is 0 Å². The summed E-state index contributed by atoms with van der Waals surface area (Å²) in [6.07, 6.45) is 0.594. The first-order valence-electron chi connectivity index (χ1n) is 11.9. The number of ether oxygens (including phenoxy) is 4. The van der Waals surface area contributed by atoms with Crippen molar-refractivity contribution in [3.05, 3.63) is 71.2 Å². The summed E-state index contributed by atoms with van der Waals surface area (Å²) in [6, 6.07) is 17.2. The van der Waals surface area contributed by atoms with Gasteiger partial charge in [0.15, 0.2) is 11.5 Å². The van der Waals surface area contributed by atoms with Gasteiger partial charge in [0.1, 0.15) is 16.1 Å². The van der Waals surface area contributed by atoms with Crippen LogP contribution in [0.4, 0.5) is 11.4 Å². The van der Waals surface area contributed by atoms with E-state index in [4.69, 9.17) is 30.5 Å². The van der Waals surface area contributed by atoms with Crippen LogP contribution in [0, 0.1) is 5.92 Å². The van der Waals surface area contributed by atoms with Crippen LogP contribution in [0.15, 0.2) is 60.7 Å². The van der Waals surface area contributed by atoms with E-state index < -0.39 is 12.0 Å². The number of amides is 2. The first-order chi connectivity index (χ1) is 18.4. The molecule has 1 heterocycles. The summed E-state index contributed by atoms with van der Waals surface area (Å²) in [7, 11) is 4.69. The third kappa shape index (κ3) is 5.94. The van der Waals surface area contributed by atoms with E-state index in [0.717, 1.165) is 5.56 Å². The minimum atomic E-state index is -0.596. The SMILES string of the molecule is COc1ccc(N2C(=O)CCC(C(=O)Nc3ccc(OCI)c(Cl)c3)C2c2ccc(OC)c(OC)c2)cc1. The van der Waals surface area contributed by atoms with E-state index in [0.29, 0.717) is 50.4 Å². The molecule has 2 unspecified atom stereocenters. The average molecular weight is 651 g/mol. The fourth-order valence-corrected chi connectivity index (χ4v) is 5.19. The maximum Gasteiger partial charge on any atom is 0.229 e. The van der Waals surface area contributed by atoms with E-state index >= 15 is 0 Å². The highest BCUT2D eigenvalue weighted by Gasteiger charge is 2.42. The normalized spacial score (nSPS) is 17.1. The molecule has 200 valence electrons. The summed E-state index contributed by atoms with van der Waals surface area (Å²) < 4.78 is 22.2. The standard InChI is InChI=1S/C28H28ClIN2O6/c1-35-20-8-6-19(7-9-20)32-26(33)13-10-21(27(32)17-4-11-24(36-2)25(14-17)37-3)28(34)31-18-5-12-23(38-16-30)22(29)15-18/h4-9,11-12,14-15,21,27H,10,13,16H2,1-3H3,(H,31,34). The van der Waals surface area contributed by atoms with Crippen LogP contribution in [0.25, 0.3) is 0 Å². The summed E-state index contributed by atoms with van der Waals surface area (Å²) in [5.74, 6) is 1.40. The Morgan fingerprint density at radius 1 is 0.974 bits per heavy atom. The van der Waals surface area contributed by atoms with Crippen molar-refractivity contribution >= 4 is 57.4 Å². The molecule has 1 N–H and O–H groups in total. The van der Waals surface area contributed by atoms with Gasteiger partial charge in [-0.3, -0.25) is 9.59 Å². The molecule has 8 nitrogen and oxygen atoms in total. The van der Waals surface area contributed by atoms with E-state index in [9.17, 15) is 9.59 Å². The second-order valence-electron chi connectivity index (χ2n) is 8.55. The molecule has 0 aliphatic carbocycles. The molecule has 38 heavy (non-hydrogen) atoms. The fourth-order valence-electron chi connectivity index (χ4n) is 4.62. The largest absolute Gasteiger partial charge is 0.497 e. The van der Waals surface area contributed by atoms with Crippen LogP contribution in [-0.4, -0.2) is 37.8 Å². The molecule has 0 radical (unpaired) electrons. The Morgan fingerprint density at radius 3 is 2.32 bits per heavy atom. The molecule has 0 aromatic heterocycles. The number of rotatable bonds is 9. The van der Waals surface area contributed by atoms with Crippen molar-refractivity contribution < 1.29 is 28.5 Å². The second-order valence-corrected chi connectivity index (χ2v) is 9.58. The number of nitrogens with zero attached hydrogens (tertiary/aromatic N) is 1. The Bertz CT molecular complexity index is 1300. The molecule has 1 aliphatic heterocycles. The number of methoxy groups -OCH3 is 3. The lowest BCUT2D eigenvalue weighted by Gasteiger charge is -2.41. The predicted octanol–water partition coefficient (Wildman–Crippen LogP) is 6.26. The third-order valence-electron chi connectivity index (χ3n) is 6.44. The molecule has 4 rings (SSSR count). The van der Waals surface area contributed by atoms with Crippen LogP contribution in [0.5, 0.6) is 23.0 Å². The highest BCUT2D eigenvalue weighted by atomic mass is 127. The number of halogens is 2. The minimum absolute atomic E-state index is 0.0812. The van der Waals surface area contributed by atoms with E-state index in [1.165, 1.54) is 0 Å². The summed E-state index contributed by atoms with van der Waals surface area (Å²) in [5.41, 5.74) is 1.95. The van der Waals surface area contributed by atoms with Gasteiger partial charge in [-0.05, 0) is 89.2 Å². The Kier molecular flexibility index (Phi) is 9.22. The summed E-state index contributed by atoms with van der Waals surface area (Å²) in [6.45, 7) is 0. The Hall–Kier alpha value is -3.18. The van der Waals surface area contributed by atoms with Crippen LogP contribution in [0.2, 0.25) is 5.02 Å². The molecular weight excluding hydrogens is 623 g/mol. The van der Waals surface area contributed by atoms with Crippen LogP contribution in [0.1, 0.15) is 24.4 Å². The molecule has 1 aliphatic rings. The molecule has 2 atom stereocenters. The zero-order valence-corrected chi connectivity index (χ0v) is 24.1. The van der Waals surface area contributed by atoms with Gasteiger partial charge in [-0.15, -0.1) is 0 Å². The first-order valence-corrected chi connectivity index (χ1v) is 13.8. The van der Waals surface area contributed by atoms with Gasteiger partial charge in [0.05, 0.1) is 38.3 Å². The molecule has 1 saturated heterocycles. The maximum atomic E-state index is 13.7. The average Bonchev–Trinajstić information content (AvgIpc) is 2.94. The number of benzene rings is 3. The third-order valence-corrected chi connectivity index (χ3v) is 7.05. The van der Waals surface area contributed by atoms with Crippen LogP contribution in [0.3, 0.4) is 0 Å². The molecule has 3 aromatic rings. The van der Waals surface area contributed by atoms with E-state index in [1.807, 2.05) is 24.3 Å². The number of hydrogen-bond acceptors (Lipinski definition) is 6. The van der Waals surface area contributed by atoms with Gasteiger partial charge in [0.25, 0.3) is 0 Å². The van der Waals surface area contributed by atoms with E-state index in [2.05, 4.69) is 27.9 Å². The van der Waals surface area contributed by atoms with Crippen molar-refractivity contribution in [3.8, 4) is 23.0 Å². The van der Waals surface area contributed by atoms with Crippen LogP contribution in [-0.2, 0) is 9.59 Å². The fraction of sp³-hybridized carbons (Fsp3) is 0.286. The lowest BCUT2D eigenvalue weighted by atomic mass is 9.83. The van der Waals surface area contributed by atoms with Gasteiger partial charge in [0, 0.05) is 17.8 Å². The number of nitrogens with one attached hydrogen (secondary N) is 1. The van der Waals surface area contributed by atoms with Gasteiger partial charge in [-0.25, -0.2) is 0 Å². The van der Waals surface area contributed by atoms with Crippen molar-refractivity contribution in [3.63, 3.8) is 0 Å². The molecule has 2 amide bonds. The zero-order valence-electron chi connectivity index (χ0n) is 21.2. The predicted molar refractivity (Wildman–Crippen MR) is 155 cm³/mol. The van der Waals surface area contributed by atoms with Crippen molar-refractivity contribution in [2.75, 3.05) is 36.2 Å². The van der Waals surface area contributed by atoms with Crippen molar-refractivity contribution in [2.45, 2.75) is 18.9 Å². The van der Waals surface area contributed by atoms with E-state index in [1.54, 1.807) is 62.6 Å². The van der Waals surface area contributed by atoms with Gasteiger partial charge in [0.2, 0.25) is 11.8 Å². The minimum Gasteiger partial charge on any atom is -0.497 e. The molecule has 3 aromatic carbocycles. The first kappa shape index (κ1) is 27.8. The number of hydrogen-bond donors (Lipinski definition) is 1. The van der Waals surface area contributed by atoms with Gasteiger partial charge < -0.3 is 29.2 Å². The zero-order chi connectivity index (χ0) is 27.2. The quantitative estimate of drug-likeness (QED) is 0.217. The molecule has 1 fully saturated rings. The smallest absolute Gasteiger partial charge is 0.229 e. The number of alkyl halides is 1. The monoisotopic (exact) mass is 650 g/mol. The summed E-state index contributed by atoms with van der Waals surface area (Å²) in [4.78, 5) is 28.8. The summed E-state index contributed by atoms with van der Waals surface area (Å²) >= 11 is 8.43. The number of carbonyl (C=O) groups excluding carboxylic acids is 2. The Balaban J connectivity index is 1.74. The topological polar surface area (TPSA) is 86.3 Å². The van der Waals surface area contributed by atoms with Crippen molar-refractivity contribution in [1.29, 1.82) is 0 Å². The molecule has 0 bridgehead atoms. The molecular formula is C28H28ClIN2O6. The lowest BCUT2D eigenvalue weighted by molar-refractivity contribution is -0.125. The molecule has 0 saturated carbocycles. The Labute approximate surface area is 240 Å². The maximum absolute atomic E-state index is 13.7. The van der Waals surface area contributed by atoms with E-state index in [-0.39, 0.29) is 18.2 Å². The van der Waals surface area contributed by atoms with Gasteiger partial charge in [-0.1, -0.05) is 17.7 Å². The highest BCUT2D eigenvalue weighted by molar-refractivity contribution is 14.1. The van der Waals surface area contributed by atoms with Gasteiger partial charge in [-0.2, -0.15) is 0 Å². The Morgan fingerprint density at radius 2 is 1.68 bits per heavy atom. The lowest BCUT2D eigenvalue weighted by Crippen LogP contribution is -2.47. The molecule has 0 spiro atoms. The van der Waals surface area contributed by atoms with Crippen LogP contribution < -0.4 is 29.2 Å².